The van der Waals surface area contributed by atoms with Crippen molar-refractivity contribution in [2.75, 3.05) is 32.8 Å². The average Bonchev–Trinajstić information content (AvgIpc) is 2.64. The molecular weight excluding hydrogens is 314 g/mol. The first kappa shape index (κ1) is 17.4. The molecule has 0 aliphatic carbocycles. The first-order chi connectivity index (χ1) is 12.1. The van der Waals surface area contributed by atoms with Gasteiger partial charge in [-0.1, -0.05) is 12.1 Å². The van der Waals surface area contributed by atoms with Gasteiger partial charge in [0.05, 0.1) is 0 Å². The minimum Gasteiger partial charge on any atom is -0.483 e. The lowest BCUT2D eigenvalue weighted by Crippen LogP contribution is -2.49. The van der Waals surface area contributed by atoms with E-state index in [0.29, 0.717) is 0 Å². The summed E-state index contributed by atoms with van der Waals surface area (Å²) < 4.78 is 5.74. The summed E-state index contributed by atoms with van der Waals surface area (Å²) in [6.45, 7) is 8.31. The lowest BCUT2D eigenvalue weighted by atomic mass is 10.1. The van der Waals surface area contributed by atoms with E-state index in [0.717, 1.165) is 49.6 Å². The Hall–Kier alpha value is -2.40. The van der Waals surface area contributed by atoms with E-state index in [1.54, 1.807) is 0 Å². The second kappa shape index (κ2) is 8.12. The number of hydrogen-bond acceptors (Lipinski definition) is 4. The fourth-order valence-corrected chi connectivity index (χ4v) is 3.00. The maximum absolute atomic E-state index is 12.4. The molecule has 0 radical (unpaired) electrons. The zero-order chi connectivity index (χ0) is 17.6. The molecule has 5 heteroatoms. The van der Waals surface area contributed by atoms with Crippen LogP contribution in [0.2, 0.25) is 0 Å². The molecule has 3 rings (SSSR count). The molecular formula is C20H25N3O2. The van der Waals surface area contributed by atoms with Gasteiger partial charge in [-0.15, -0.1) is 0 Å². The maximum Gasteiger partial charge on any atom is 0.260 e. The number of hydrogen-bond donors (Lipinski definition) is 0. The smallest absolute Gasteiger partial charge is 0.260 e. The minimum absolute atomic E-state index is 0.0597. The first-order valence-electron chi connectivity index (χ1n) is 8.71. The van der Waals surface area contributed by atoms with Crippen molar-refractivity contribution in [3.05, 3.63) is 59.4 Å². The van der Waals surface area contributed by atoms with Crippen molar-refractivity contribution in [1.29, 1.82) is 0 Å². The molecule has 0 saturated carbocycles. The fraction of sp³-hybridized carbons (Fsp3) is 0.400. The summed E-state index contributed by atoms with van der Waals surface area (Å²) in [5.74, 6) is 0.856. The standard InChI is InChI=1S/C20H25N3O2/c1-16-3-4-17(2)19(13-16)25-15-20(24)23-11-9-22(10-12-23)14-18-5-7-21-8-6-18/h3-8,13H,9-12,14-15H2,1-2H3. The van der Waals surface area contributed by atoms with E-state index in [9.17, 15) is 4.79 Å². The Morgan fingerprint density at radius 2 is 1.80 bits per heavy atom. The molecule has 25 heavy (non-hydrogen) atoms. The summed E-state index contributed by atoms with van der Waals surface area (Å²) in [6.07, 6.45) is 3.64. The quantitative estimate of drug-likeness (QED) is 0.839. The molecule has 1 amide bonds. The fourth-order valence-electron chi connectivity index (χ4n) is 3.00. The van der Waals surface area contributed by atoms with Gasteiger partial charge in [0.2, 0.25) is 0 Å². The van der Waals surface area contributed by atoms with E-state index < -0.39 is 0 Å². The van der Waals surface area contributed by atoms with Crippen molar-refractivity contribution >= 4 is 5.91 Å². The van der Waals surface area contributed by atoms with Crippen LogP contribution in [0.25, 0.3) is 0 Å². The van der Waals surface area contributed by atoms with Gasteiger partial charge < -0.3 is 9.64 Å². The number of benzene rings is 1. The summed E-state index contributed by atoms with van der Waals surface area (Å²) >= 11 is 0. The SMILES string of the molecule is Cc1ccc(C)c(OCC(=O)N2CCN(Cc3ccncc3)CC2)c1. The molecule has 1 fully saturated rings. The predicted octanol–water partition coefficient (Wildman–Crippen LogP) is 2.42. The van der Waals surface area contributed by atoms with Gasteiger partial charge >= 0.3 is 0 Å². The van der Waals surface area contributed by atoms with Crippen molar-refractivity contribution in [2.45, 2.75) is 20.4 Å². The molecule has 1 aliphatic heterocycles. The van der Waals surface area contributed by atoms with Crippen molar-refractivity contribution in [2.24, 2.45) is 0 Å². The van der Waals surface area contributed by atoms with Crippen LogP contribution < -0.4 is 4.74 Å². The summed E-state index contributed by atoms with van der Waals surface area (Å²) in [6, 6.07) is 10.1. The van der Waals surface area contributed by atoms with Gasteiger partial charge in [-0.25, -0.2) is 0 Å². The van der Waals surface area contributed by atoms with Crippen LogP contribution in [0.3, 0.4) is 0 Å². The maximum atomic E-state index is 12.4. The van der Waals surface area contributed by atoms with Gasteiger partial charge in [-0.05, 0) is 48.7 Å². The third-order valence-electron chi connectivity index (χ3n) is 4.58. The monoisotopic (exact) mass is 339 g/mol. The van der Waals surface area contributed by atoms with Crippen LogP contribution in [0.5, 0.6) is 5.75 Å². The van der Waals surface area contributed by atoms with E-state index in [4.69, 9.17) is 4.74 Å². The zero-order valence-electron chi connectivity index (χ0n) is 14.9. The summed E-state index contributed by atoms with van der Waals surface area (Å²) in [5, 5.41) is 0. The van der Waals surface area contributed by atoms with E-state index in [1.165, 1.54) is 5.56 Å². The molecule has 0 atom stereocenters. The molecule has 2 heterocycles. The Kier molecular flexibility index (Phi) is 5.66. The predicted molar refractivity (Wildman–Crippen MR) is 97.5 cm³/mol. The second-order valence-corrected chi connectivity index (χ2v) is 6.57. The molecule has 132 valence electrons. The molecule has 1 aromatic carbocycles. The molecule has 1 aliphatic rings. The topological polar surface area (TPSA) is 45.7 Å². The Bertz CT molecular complexity index is 710. The Balaban J connectivity index is 1.46. The van der Waals surface area contributed by atoms with Gasteiger partial charge in [0.1, 0.15) is 5.75 Å². The third-order valence-corrected chi connectivity index (χ3v) is 4.58. The summed E-state index contributed by atoms with van der Waals surface area (Å²) in [7, 11) is 0. The molecule has 1 aromatic heterocycles. The van der Waals surface area contributed by atoms with Gasteiger partial charge in [-0.3, -0.25) is 14.7 Å². The third kappa shape index (κ3) is 4.79. The number of ether oxygens (including phenoxy) is 1. The number of aryl methyl sites for hydroxylation is 2. The van der Waals surface area contributed by atoms with Crippen LogP contribution in [0.1, 0.15) is 16.7 Å². The van der Waals surface area contributed by atoms with Crippen LogP contribution in [0.4, 0.5) is 0 Å². The van der Waals surface area contributed by atoms with E-state index in [-0.39, 0.29) is 12.5 Å². The van der Waals surface area contributed by atoms with Gasteiger partial charge in [0.15, 0.2) is 6.61 Å². The second-order valence-electron chi connectivity index (χ2n) is 6.57. The van der Waals surface area contributed by atoms with Crippen LogP contribution in [-0.4, -0.2) is 53.5 Å². The van der Waals surface area contributed by atoms with E-state index >= 15 is 0 Å². The molecule has 0 spiro atoms. The van der Waals surface area contributed by atoms with Crippen LogP contribution in [0.15, 0.2) is 42.7 Å². The number of amides is 1. The van der Waals surface area contributed by atoms with Crippen LogP contribution in [0, 0.1) is 13.8 Å². The average molecular weight is 339 g/mol. The highest BCUT2D eigenvalue weighted by atomic mass is 16.5. The summed E-state index contributed by atoms with van der Waals surface area (Å²) in [4.78, 5) is 20.7. The molecule has 0 bridgehead atoms. The van der Waals surface area contributed by atoms with Crippen molar-refractivity contribution in [1.82, 2.24) is 14.8 Å². The molecule has 1 saturated heterocycles. The number of aromatic nitrogens is 1. The molecule has 0 unspecified atom stereocenters. The number of carbonyl (C=O) groups excluding carboxylic acids is 1. The number of pyridine rings is 1. The normalized spacial score (nSPS) is 15.2. The van der Waals surface area contributed by atoms with Crippen LogP contribution >= 0.6 is 0 Å². The van der Waals surface area contributed by atoms with Gasteiger partial charge in [0, 0.05) is 45.1 Å². The van der Waals surface area contributed by atoms with Gasteiger partial charge in [0.25, 0.3) is 5.91 Å². The highest BCUT2D eigenvalue weighted by Crippen LogP contribution is 2.19. The van der Waals surface area contributed by atoms with Gasteiger partial charge in [-0.2, -0.15) is 0 Å². The Morgan fingerprint density at radius 1 is 1.08 bits per heavy atom. The minimum atomic E-state index is 0.0597. The summed E-state index contributed by atoms with van der Waals surface area (Å²) in [5.41, 5.74) is 3.45. The molecule has 2 aromatic rings. The Morgan fingerprint density at radius 3 is 2.52 bits per heavy atom. The largest absolute Gasteiger partial charge is 0.483 e. The van der Waals surface area contributed by atoms with Crippen molar-refractivity contribution in [3.8, 4) is 5.75 Å². The lowest BCUT2D eigenvalue weighted by molar-refractivity contribution is -0.135. The molecule has 0 N–H and O–H groups in total. The van der Waals surface area contributed by atoms with Crippen molar-refractivity contribution in [3.63, 3.8) is 0 Å². The number of carbonyl (C=O) groups is 1. The number of rotatable bonds is 5. The number of nitrogens with zero attached hydrogens (tertiary/aromatic N) is 3. The molecule has 5 nitrogen and oxygen atoms in total. The highest BCUT2D eigenvalue weighted by molar-refractivity contribution is 5.78. The van der Waals surface area contributed by atoms with E-state index in [1.807, 2.05) is 61.5 Å². The lowest BCUT2D eigenvalue weighted by Gasteiger charge is -2.34. The zero-order valence-corrected chi connectivity index (χ0v) is 14.9. The van der Waals surface area contributed by atoms with Crippen molar-refractivity contribution < 1.29 is 9.53 Å². The number of piperazine rings is 1. The van der Waals surface area contributed by atoms with Crippen LogP contribution in [-0.2, 0) is 11.3 Å². The highest BCUT2D eigenvalue weighted by Gasteiger charge is 2.21. The first-order valence-corrected chi connectivity index (χ1v) is 8.71. The Labute approximate surface area is 149 Å². The van der Waals surface area contributed by atoms with E-state index in [2.05, 4.69) is 9.88 Å².